The Bertz CT molecular complexity index is 1270. The molecule has 8 nitrogen and oxygen atoms in total. The Hall–Kier alpha value is -2.22. The Kier molecular flexibility index (Phi) is 8.04. The van der Waals surface area contributed by atoms with Crippen molar-refractivity contribution < 1.29 is 33.4 Å². The molecule has 44 heavy (non-hydrogen) atoms. The van der Waals surface area contributed by atoms with Gasteiger partial charge in [-0.25, -0.2) is 0 Å². The fourth-order valence-electron chi connectivity index (χ4n) is 11.4. The van der Waals surface area contributed by atoms with E-state index in [0.29, 0.717) is 6.42 Å². The Balaban J connectivity index is 1.46. The number of carbonyl (C=O) groups excluding carboxylic acids is 4. The largest absolute Gasteiger partial charge is 0.469 e. The van der Waals surface area contributed by atoms with Crippen molar-refractivity contribution in [3.8, 4) is 0 Å². The third kappa shape index (κ3) is 4.62. The molecule has 246 valence electrons. The Morgan fingerprint density at radius 1 is 0.909 bits per heavy atom. The van der Waals surface area contributed by atoms with E-state index in [1.807, 2.05) is 13.0 Å². The number of allylic oxidation sites excluding steroid dienone is 2. The van der Waals surface area contributed by atoms with E-state index in [-0.39, 0.29) is 69.1 Å². The zero-order valence-electron chi connectivity index (χ0n) is 28.5. The lowest BCUT2D eigenvalue weighted by molar-refractivity contribution is -0.211. The van der Waals surface area contributed by atoms with E-state index >= 15 is 0 Å². The van der Waals surface area contributed by atoms with Gasteiger partial charge in [0, 0.05) is 11.3 Å². The average Bonchev–Trinajstić information content (AvgIpc) is 2.95. The number of ketones is 1. The van der Waals surface area contributed by atoms with Crippen LogP contribution in [0.4, 0.5) is 0 Å². The molecule has 5 aliphatic rings. The van der Waals surface area contributed by atoms with Crippen LogP contribution < -0.4 is 5.73 Å². The summed E-state index contributed by atoms with van der Waals surface area (Å²) in [6.07, 6.45) is 9.37. The highest BCUT2D eigenvalue weighted by Crippen LogP contribution is 2.75. The van der Waals surface area contributed by atoms with Crippen molar-refractivity contribution in [1.82, 2.24) is 0 Å². The number of rotatable bonds is 5. The molecule has 0 radical (unpaired) electrons. The maximum Gasteiger partial charge on any atom is 0.323 e. The molecule has 0 aromatic rings. The predicted octanol–water partition coefficient (Wildman–Crippen LogP) is 5.94. The summed E-state index contributed by atoms with van der Waals surface area (Å²) < 4.78 is 16.0. The average molecular weight is 614 g/mol. The van der Waals surface area contributed by atoms with Crippen LogP contribution in [-0.4, -0.2) is 50.1 Å². The highest BCUT2D eigenvalue weighted by molar-refractivity contribution is 5.95. The van der Waals surface area contributed by atoms with Crippen LogP contribution in [-0.2, 0) is 33.4 Å². The first-order valence-corrected chi connectivity index (χ1v) is 16.7. The molecule has 0 aromatic heterocycles. The number of ether oxygens (including phenoxy) is 3. The van der Waals surface area contributed by atoms with Crippen LogP contribution in [0.2, 0.25) is 0 Å². The van der Waals surface area contributed by atoms with E-state index in [9.17, 15) is 19.2 Å². The topological polar surface area (TPSA) is 122 Å². The number of esters is 3. The molecule has 4 saturated carbocycles. The van der Waals surface area contributed by atoms with Gasteiger partial charge in [0.2, 0.25) is 0 Å². The number of carbonyl (C=O) groups is 4. The molecule has 2 N–H and O–H groups in total. The van der Waals surface area contributed by atoms with Gasteiger partial charge in [-0.1, -0.05) is 47.1 Å². The van der Waals surface area contributed by atoms with Gasteiger partial charge in [0.25, 0.3) is 0 Å². The number of hydrogen-bond donors (Lipinski definition) is 1. The minimum Gasteiger partial charge on any atom is -0.469 e. The molecule has 0 aromatic carbocycles. The van der Waals surface area contributed by atoms with Crippen molar-refractivity contribution in [3.05, 3.63) is 11.6 Å². The van der Waals surface area contributed by atoms with Crippen molar-refractivity contribution in [1.29, 1.82) is 0 Å². The smallest absolute Gasteiger partial charge is 0.323 e. The second-order valence-corrected chi connectivity index (χ2v) is 16.9. The predicted molar refractivity (Wildman–Crippen MR) is 166 cm³/mol. The normalized spacial score (nSPS) is 44.9. The molecular formula is C36H55NO7. The SMILES string of the molecule is COC(=O)C[C@H](N)C(=O)O[C@H]1CC[C@]2(C)[C@H]3C(=O)C=C4[C@@H]5C[C@@](C)(C(=O)OC)CC[C@]5(C)CC[C@@]4(C)[C@]3(C)CC[C@H]2C1(C)C. The van der Waals surface area contributed by atoms with Crippen LogP contribution in [0.1, 0.15) is 113 Å². The molecule has 8 heteroatoms. The van der Waals surface area contributed by atoms with Crippen molar-refractivity contribution in [3.63, 3.8) is 0 Å². The summed E-state index contributed by atoms with van der Waals surface area (Å²) in [5.41, 5.74) is 5.80. The second kappa shape index (κ2) is 10.7. The van der Waals surface area contributed by atoms with Crippen LogP contribution >= 0.6 is 0 Å². The summed E-state index contributed by atoms with van der Waals surface area (Å²) in [5, 5.41) is 0. The molecule has 0 spiro atoms. The van der Waals surface area contributed by atoms with E-state index < -0.39 is 23.4 Å². The first-order chi connectivity index (χ1) is 20.3. The molecule has 10 atom stereocenters. The van der Waals surface area contributed by atoms with Crippen LogP contribution in [0.3, 0.4) is 0 Å². The summed E-state index contributed by atoms with van der Waals surface area (Å²) >= 11 is 0. The lowest BCUT2D eigenvalue weighted by Crippen LogP contribution is -2.67. The highest BCUT2D eigenvalue weighted by atomic mass is 16.5. The highest BCUT2D eigenvalue weighted by Gasteiger charge is 2.70. The second-order valence-electron chi connectivity index (χ2n) is 16.9. The fourth-order valence-corrected chi connectivity index (χ4v) is 11.4. The zero-order valence-corrected chi connectivity index (χ0v) is 28.5. The van der Waals surface area contributed by atoms with Crippen molar-refractivity contribution >= 4 is 23.7 Å². The van der Waals surface area contributed by atoms with Gasteiger partial charge in [0.05, 0.1) is 26.1 Å². The third-order valence-corrected chi connectivity index (χ3v) is 14.4. The van der Waals surface area contributed by atoms with Crippen LogP contribution in [0.15, 0.2) is 11.6 Å². The molecular weight excluding hydrogens is 558 g/mol. The van der Waals surface area contributed by atoms with Gasteiger partial charge in [-0.2, -0.15) is 0 Å². The summed E-state index contributed by atoms with van der Waals surface area (Å²) in [7, 11) is 2.75. The zero-order chi connectivity index (χ0) is 32.7. The van der Waals surface area contributed by atoms with Gasteiger partial charge in [-0.05, 0) is 104 Å². The first-order valence-electron chi connectivity index (χ1n) is 16.7. The van der Waals surface area contributed by atoms with Gasteiger partial charge < -0.3 is 19.9 Å². The summed E-state index contributed by atoms with van der Waals surface area (Å²) in [4.78, 5) is 52.2. The fraction of sp³-hybridized carbons (Fsp3) is 0.833. The quantitative estimate of drug-likeness (QED) is 0.299. The molecule has 5 aliphatic carbocycles. The summed E-state index contributed by atoms with van der Waals surface area (Å²) in [5.74, 6) is -0.828. The van der Waals surface area contributed by atoms with Gasteiger partial charge >= 0.3 is 17.9 Å². The molecule has 0 aliphatic heterocycles. The standard InChI is InChI=1S/C36H55NO7/c1-31(2)25-10-13-36(7)28(34(25,5)12-11-26(31)44-29(40)23(37)19-27(39)42-8)24(38)18-21-22-20-33(4,30(41)43-9)15-14-32(22,3)16-17-35(21,36)6/h18,22-23,25-26,28H,10-17,19-20,37H2,1-9H3/t22-,23-,25-,26-,28+,32+,33-,34-,35+,36+/m0/s1. The Labute approximate surface area is 263 Å². The van der Waals surface area contributed by atoms with Gasteiger partial charge in [0.1, 0.15) is 12.1 Å². The molecule has 0 unspecified atom stereocenters. The van der Waals surface area contributed by atoms with E-state index in [1.165, 1.54) is 19.8 Å². The number of methoxy groups -OCH3 is 2. The monoisotopic (exact) mass is 613 g/mol. The molecule has 0 heterocycles. The molecule has 5 rings (SSSR count). The van der Waals surface area contributed by atoms with Crippen molar-refractivity contribution in [2.45, 2.75) is 125 Å². The van der Waals surface area contributed by atoms with Crippen molar-refractivity contribution in [2.24, 2.45) is 56.0 Å². The molecule has 4 fully saturated rings. The number of hydrogen-bond acceptors (Lipinski definition) is 8. The van der Waals surface area contributed by atoms with Gasteiger partial charge in [-0.15, -0.1) is 0 Å². The summed E-state index contributed by atoms with van der Waals surface area (Å²) in [6, 6.07) is -1.07. The lowest BCUT2D eigenvalue weighted by Gasteiger charge is -2.70. The minimum atomic E-state index is -1.07. The Morgan fingerprint density at radius 2 is 1.57 bits per heavy atom. The number of nitrogens with two attached hydrogens (primary N) is 1. The lowest BCUT2D eigenvalue weighted by atomic mass is 9.33. The van der Waals surface area contributed by atoms with Gasteiger partial charge in [-0.3, -0.25) is 19.2 Å². The number of fused-ring (bicyclic) bond motifs is 7. The summed E-state index contributed by atoms with van der Waals surface area (Å²) in [6.45, 7) is 15.8. The van der Waals surface area contributed by atoms with Crippen LogP contribution in [0.25, 0.3) is 0 Å². The molecule has 0 bridgehead atoms. The van der Waals surface area contributed by atoms with E-state index in [2.05, 4.69) is 46.3 Å². The maximum absolute atomic E-state index is 14.6. The first kappa shape index (κ1) is 33.2. The van der Waals surface area contributed by atoms with Crippen molar-refractivity contribution in [2.75, 3.05) is 14.2 Å². The van der Waals surface area contributed by atoms with Gasteiger partial charge in [0.15, 0.2) is 5.78 Å². The van der Waals surface area contributed by atoms with Crippen LogP contribution in [0, 0.1) is 50.2 Å². The van der Waals surface area contributed by atoms with E-state index in [4.69, 9.17) is 15.2 Å². The molecule has 0 saturated heterocycles. The molecule has 0 amide bonds. The third-order valence-electron chi connectivity index (χ3n) is 14.4. The minimum absolute atomic E-state index is 0.0715. The van der Waals surface area contributed by atoms with E-state index in [0.717, 1.165) is 51.4 Å². The van der Waals surface area contributed by atoms with Crippen LogP contribution in [0.5, 0.6) is 0 Å². The van der Waals surface area contributed by atoms with E-state index in [1.54, 1.807) is 0 Å². The maximum atomic E-state index is 14.6. The Morgan fingerprint density at radius 3 is 2.20 bits per heavy atom.